The lowest BCUT2D eigenvalue weighted by Gasteiger charge is -2.26. The molecule has 0 radical (unpaired) electrons. The molecular formula is C22H28N2O2. The van der Waals surface area contributed by atoms with E-state index in [1.165, 1.54) is 5.56 Å². The quantitative estimate of drug-likeness (QED) is 0.685. The summed E-state index contributed by atoms with van der Waals surface area (Å²) in [4.78, 5) is 5.61. The molecule has 138 valence electrons. The van der Waals surface area contributed by atoms with Crippen LogP contribution < -0.4 is 10.1 Å². The lowest BCUT2D eigenvalue weighted by Crippen LogP contribution is -2.39. The van der Waals surface area contributed by atoms with Crippen LogP contribution in [0.4, 0.5) is 0 Å². The third kappa shape index (κ3) is 4.85. The molecule has 0 saturated heterocycles. The molecule has 0 saturated carbocycles. The Hall–Kier alpha value is -2.33. The fourth-order valence-corrected chi connectivity index (χ4v) is 3.30. The number of nitrogens with zero attached hydrogens (tertiary/aromatic N) is 1. The van der Waals surface area contributed by atoms with Crippen LogP contribution in [0.1, 0.15) is 51.6 Å². The van der Waals surface area contributed by atoms with Crippen molar-refractivity contribution in [2.24, 2.45) is 5.16 Å². The van der Waals surface area contributed by atoms with Crippen LogP contribution in [0.25, 0.3) is 0 Å². The van der Waals surface area contributed by atoms with Crippen LogP contribution in [-0.2, 0) is 4.84 Å². The van der Waals surface area contributed by atoms with Gasteiger partial charge in [-0.15, -0.1) is 0 Å². The van der Waals surface area contributed by atoms with E-state index in [1.54, 1.807) is 0 Å². The summed E-state index contributed by atoms with van der Waals surface area (Å²) in [6.45, 7) is 7.11. The molecule has 2 aromatic rings. The van der Waals surface area contributed by atoms with Crippen molar-refractivity contribution in [1.82, 2.24) is 5.32 Å². The van der Waals surface area contributed by atoms with Gasteiger partial charge in [0.25, 0.3) is 0 Å². The Balaban J connectivity index is 1.62. The molecule has 0 spiro atoms. The largest absolute Gasteiger partial charge is 0.457 e. The van der Waals surface area contributed by atoms with E-state index in [0.29, 0.717) is 6.04 Å². The lowest BCUT2D eigenvalue weighted by atomic mass is 9.97. The molecule has 3 rings (SSSR count). The zero-order valence-corrected chi connectivity index (χ0v) is 15.9. The highest BCUT2D eigenvalue weighted by Gasteiger charge is 2.33. The summed E-state index contributed by atoms with van der Waals surface area (Å²) in [6.07, 6.45) is 3.07. The van der Waals surface area contributed by atoms with E-state index in [0.717, 1.165) is 43.0 Å². The molecule has 1 aliphatic rings. The van der Waals surface area contributed by atoms with Gasteiger partial charge < -0.3 is 14.9 Å². The molecule has 0 bridgehead atoms. The highest BCUT2D eigenvalue weighted by Crippen LogP contribution is 2.27. The van der Waals surface area contributed by atoms with Crippen molar-refractivity contribution < 1.29 is 9.57 Å². The smallest absolute Gasteiger partial charge is 0.152 e. The van der Waals surface area contributed by atoms with Gasteiger partial charge in [0.1, 0.15) is 11.5 Å². The number of benzene rings is 2. The summed E-state index contributed by atoms with van der Waals surface area (Å²) in [5.74, 6) is 1.70. The Morgan fingerprint density at radius 3 is 2.42 bits per heavy atom. The van der Waals surface area contributed by atoms with Crippen molar-refractivity contribution in [1.29, 1.82) is 0 Å². The first-order valence-electron chi connectivity index (χ1n) is 9.36. The van der Waals surface area contributed by atoms with Gasteiger partial charge in [-0.1, -0.05) is 48.8 Å². The molecule has 2 aromatic carbocycles. The summed E-state index contributed by atoms with van der Waals surface area (Å²) in [7, 11) is 0. The predicted octanol–water partition coefficient (Wildman–Crippen LogP) is 5.46. The predicted molar refractivity (Wildman–Crippen MR) is 106 cm³/mol. The van der Waals surface area contributed by atoms with Crippen molar-refractivity contribution in [3.63, 3.8) is 0 Å². The second kappa shape index (κ2) is 8.37. The van der Waals surface area contributed by atoms with Crippen LogP contribution in [-0.4, -0.2) is 17.9 Å². The minimum absolute atomic E-state index is 0.244. The Labute approximate surface area is 156 Å². The topological polar surface area (TPSA) is 42.9 Å². The normalized spacial score (nSPS) is 20.3. The minimum Gasteiger partial charge on any atom is -0.457 e. The molecule has 0 aliphatic carbocycles. The molecule has 2 atom stereocenters. The maximum Gasteiger partial charge on any atom is 0.152 e. The van der Waals surface area contributed by atoms with E-state index in [2.05, 4.69) is 36.5 Å². The highest BCUT2D eigenvalue weighted by molar-refractivity contribution is 5.83. The number of oxime groups is 1. The summed E-state index contributed by atoms with van der Waals surface area (Å²) in [6, 6.07) is 18.5. The van der Waals surface area contributed by atoms with E-state index in [4.69, 9.17) is 9.57 Å². The zero-order valence-electron chi connectivity index (χ0n) is 15.9. The first kappa shape index (κ1) is 18.5. The van der Waals surface area contributed by atoms with Crippen LogP contribution in [0.15, 0.2) is 59.8 Å². The molecule has 4 nitrogen and oxygen atoms in total. The van der Waals surface area contributed by atoms with E-state index in [9.17, 15) is 0 Å². The molecule has 26 heavy (non-hydrogen) atoms. The molecular weight excluding hydrogens is 324 g/mol. The van der Waals surface area contributed by atoms with Gasteiger partial charge >= 0.3 is 0 Å². The summed E-state index contributed by atoms with van der Waals surface area (Å²) >= 11 is 0. The van der Waals surface area contributed by atoms with Gasteiger partial charge in [0.15, 0.2) is 5.60 Å². The summed E-state index contributed by atoms with van der Waals surface area (Å²) in [5.41, 5.74) is 2.09. The number of hydrogen-bond acceptors (Lipinski definition) is 4. The third-order valence-corrected chi connectivity index (χ3v) is 4.61. The second-order valence-electron chi connectivity index (χ2n) is 7.25. The highest BCUT2D eigenvalue weighted by atomic mass is 16.7. The summed E-state index contributed by atoms with van der Waals surface area (Å²) in [5, 5.41) is 7.77. The fraction of sp³-hybridized carbons (Fsp3) is 0.409. The van der Waals surface area contributed by atoms with Crippen LogP contribution >= 0.6 is 0 Å². The Morgan fingerprint density at radius 1 is 1.12 bits per heavy atom. The van der Waals surface area contributed by atoms with Crippen LogP contribution in [0.5, 0.6) is 11.5 Å². The standard InChI is InChI=1S/C22H28N2O2/c1-4-8-21(23-16-22(3)15-17(2)24-26-22)18-11-13-20(14-12-18)25-19-9-6-5-7-10-19/h5-7,9-14,21,23H,4,8,15-16H2,1-3H3. The summed E-state index contributed by atoms with van der Waals surface area (Å²) < 4.78 is 5.89. The van der Waals surface area contributed by atoms with Gasteiger partial charge in [-0.3, -0.25) is 0 Å². The third-order valence-electron chi connectivity index (χ3n) is 4.61. The van der Waals surface area contributed by atoms with Gasteiger partial charge in [0.05, 0.1) is 5.71 Å². The molecule has 1 N–H and O–H groups in total. The first-order chi connectivity index (χ1) is 12.6. The van der Waals surface area contributed by atoms with Crippen LogP contribution in [0.2, 0.25) is 0 Å². The number of para-hydroxylation sites is 1. The Kier molecular flexibility index (Phi) is 5.94. The van der Waals surface area contributed by atoms with Crippen molar-refractivity contribution >= 4 is 5.71 Å². The first-order valence-corrected chi connectivity index (χ1v) is 9.36. The number of hydrogen-bond donors (Lipinski definition) is 1. The Morgan fingerprint density at radius 2 is 1.81 bits per heavy atom. The van der Waals surface area contributed by atoms with Gasteiger partial charge in [-0.25, -0.2) is 0 Å². The van der Waals surface area contributed by atoms with Crippen molar-refractivity contribution in [3.05, 3.63) is 60.2 Å². The molecule has 4 heteroatoms. The number of rotatable bonds is 8. The Bertz CT molecular complexity index is 728. The molecule has 2 unspecified atom stereocenters. The fourth-order valence-electron chi connectivity index (χ4n) is 3.30. The van der Waals surface area contributed by atoms with Crippen LogP contribution in [0.3, 0.4) is 0 Å². The second-order valence-corrected chi connectivity index (χ2v) is 7.25. The van der Waals surface area contributed by atoms with Crippen molar-refractivity contribution in [3.8, 4) is 11.5 Å². The van der Waals surface area contributed by atoms with E-state index < -0.39 is 0 Å². The molecule has 1 heterocycles. The molecule has 1 aliphatic heterocycles. The van der Waals surface area contributed by atoms with Gasteiger partial charge in [0.2, 0.25) is 0 Å². The minimum atomic E-state index is -0.244. The molecule has 0 fully saturated rings. The number of nitrogens with one attached hydrogen (secondary N) is 1. The number of ether oxygens (including phenoxy) is 1. The van der Waals surface area contributed by atoms with Gasteiger partial charge in [-0.2, -0.15) is 0 Å². The maximum absolute atomic E-state index is 5.89. The molecule has 0 amide bonds. The van der Waals surface area contributed by atoms with Gasteiger partial charge in [-0.05, 0) is 50.1 Å². The van der Waals surface area contributed by atoms with Crippen molar-refractivity contribution in [2.45, 2.75) is 51.7 Å². The van der Waals surface area contributed by atoms with E-state index in [1.807, 2.05) is 49.4 Å². The average Bonchev–Trinajstić information content (AvgIpc) is 2.99. The van der Waals surface area contributed by atoms with Gasteiger partial charge in [0, 0.05) is 19.0 Å². The van der Waals surface area contributed by atoms with E-state index >= 15 is 0 Å². The van der Waals surface area contributed by atoms with E-state index in [-0.39, 0.29) is 5.60 Å². The zero-order chi connectivity index (χ0) is 18.4. The monoisotopic (exact) mass is 352 g/mol. The SMILES string of the molecule is CCCC(NCC1(C)CC(C)=NO1)c1ccc(Oc2ccccc2)cc1. The maximum atomic E-state index is 5.89. The van der Waals surface area contributed by atoms with Crippen LogP contribution in [0, 0.1) is 0 Å². The van der Waals surface area contributed by atoms with Crippen molar-refractivity contribution in [2.75, 3.05) is 6.54 Å². The average molecular weight is 352 g/mol. The molecule has 0 aromatic heterocycles. The lowest BCUT2D eigenvalue weighted by molar-refractivity contribution is -0.00448.